The van der Waals surface area contributed by atoms with Crippen molar-refractivity contribution in [2.75, 3.05) is 19.6 Å². The van der Waals surface area contributed by atoms with E-state index in [-0.39, 0.29) is 19.0 Å². The molecule has 7 heteroatoms. The summed E-state index contributed by atoms with van der Waals surface area (Å²) in [7, 11) is 0. The van der Waals surface area contributed by atoms with Crippen LogP contribution in [-0.2, 0) is 4.79 Å². The van der Waals surface area contributed by atoms with E-state index >= 15 is 0 Å². The molecule has 0 saturated carbocycles. The molecule has 2 N–H and O–H groups in total. The molecule has 0 aromatic heterocycles. The first-order valence-corrected chi connectivity index (χ1v) is 4.29. The van der Waals surface area contributed by atoms with Crippen molar-refractivity contribution in [3.8, 4) is 6.07 Å². The number of alkyl halides is 3. The summed E-state index contributed by atoms with van der Waals surface area (Å²) in [6.45, 7) is 1.30. The van der Waals surface area contributed by atoms with Crippen LogP contribution in [0.4, 0.5) is 13.2 Å². The average molecular weight is 223 g/mol. The van der Waals surface area contributed by atoms with Crippen molar-refractivity contribution < 1.29 is 18.0 Å². The maximum Gasteiger partial charge on any atom is 0.405 e. The number of rotatable bonds is 5. The molecule has 0 aliphatic heterocycles. The zero-order valence-corrected chi connectivity index (χ0v) is 8.19. The third kappa shape index (κ3) is 6.74. The number of halogens is 3. The Morgan fingerprint density at radius 3 is 2.47 bits per heavy atom. The fourth-order valence-electron chi connectivity index (χ4n) is 0.808. The van der Waals surface area contributed by atoms with E-state index in [1.54, 1.807) is 0 Å². The zero-order chi connectivity index (χ0) is 11.9. The summed E-state index contributed by atoms with van der Waals surface area (Å²) >= 11 is 0. The highest BCUT2D eigenvalue weighted by molar-refractivity contribution is 5.72. The third-order valence-electron chi connectivity index (χ3n) is 1.58. The van der Waals surface area contributed by atoms with Crippen LogP contribution in [0.1, 0.15) is 6.92 Å². The first-order valence-electron chi connectivity index (χ1n) is 4.29. The van der Waals surface area contributed by atoms with E-state index in [0.717, 1.165) is 0 Å². The quantitative estimate of drug-likeness (QED) is 0.663. The first-order chi connectivity index (χ1) is 6.88. The predicted octanol–water partition coefficient (Wildman–Crippen LogP) is 0.414. The molecule has 0 fully saturated rings. The van der Waals surface area contributed by atoms with Crippen molar-refractivity contribution in [3.05, 3.63) is 0 Å². The number of amides is 1. The molecule has 0 radical (unpaired) electrons. The lowest BCUT2D eigenvalue weighted by Gasteiger charge is -2.13. The Labute approximate surface area is 85.4 Å². The topological polar surface area (TPSA) is 64.9 Å². The van der Waals surface area contributed by atoms with Gasteiger partial charge in [0.2, 0.25) is 5.91 Å². The van der Waals surface area contributed by atoms with E-state index in [4.69, 9.17) is 5.26 Å². The summed E-state index contributed by atoms with van der Waals surface area (Å²) in [4.78, 5) is 10.4. The van der Waals surface area contributed by atoms with Crippen molar-refractivity contribution in [2.45, 2.75) is 13.1 Å². The van der Waals surface area contributed by atoms with Gasteiger partial charge in [-0.05, 0) is 0 Å². The monoisotopic (exact) mass is 223 g/mol. The van der Waals surface area contributed by atoms with E-state index in [2.05, 4.69) is 10.6 Å². The van der Waals surface area contributed by atoms with Crippen LogP contribution in [0.15, 0.2) is 0 Å². The van der Waals surface area contributed by atoms with E-state index in [0.29, 0.717) is 0 Å². The van der Waals surface area contributed by atoms with Crippen LogP contribution in [0.3, 0.4) is 0 Å². The highest BCUT2D eigenvalue weighted by Crippen LogP contribution is 2.24. The zero-order valence-electron chi connectivity index (χ0n) is 8.19. The molecule has 0 rings (SSSR count). The van der Waals surface area contributed by atoms with Crippen LogP contribution in [0.5, 0.6) is 0 Å². The molecule has 0 heterocycles. The van der Waals surface area contributed by atoms with Gasteiger partial charge in [0.25, 0.3) is 0 Å². The summed E-state index contributed by atoms with van der Waals surface area (Å²) in [5, 5.41) is 13.1. The number of carbonyl (C=O) groups is 1. The second-order valence-corrected chi connectivity index (χ2v) is 2.91. The maximum atomic E-state index is 12.0. The van der Waals surface area contributed by atoms with Crippen LogP contribution in [0, 0.1) is 17.2 Å². The Kier molecular flexibility index (Phi) is 5.70. The molecule has 15 heavy (non-hydrogen) atoms. The van der Waals surface area contributed by atoms with Crippen LogP contribution in [0.25, 0.3) is 0 Å². The molecule has 1 unspecified atom stereocenters. The minimum atomic E-state index is -4.50. The second-order valence-electron chi connectivity index (χ2n) is 2.91. The van der Waals surface area contributed by atoms with Gasteiger partial charge in [-0.3, -0.25) is 4.79 Å². The Morgan fingerprint density at radius 2 is 2.07 bits per heavy atom. The number of nitriles is 1. The Hall–Kier alpha value is -1.29. The van der Waals surface area contributed by atoms with Gasteiger partial charge < -0.3 is 10.6 Å². The fraction of sp³-hybridized carbons (Fsp3) is 0.750. The predicted molar refractivity (Wildman–Crippen MR) is 46.7 cm³/mol. The van der Waals surface area contributed by atoms with Crippen molar-refractivity contribution in [1.82, 2.24) is 10.6 Å². The molecule has 86 valence electrons. The SMILES string of the molecule is CC(=O)NCCNCC(C#N)C(F)(F)F. The molecule has 0 aliphatic carbocycles. The molecule has 1 amide bonds. The summed E-state index contributed by atoms with van der Waals surface area (Å²) < 4.78 is 36.1. The summed E-state index contributed by atoms with van der Waals surface area (Å²) in [6, 6.07) is 1.17. The second kappa shape index (κ2) is 6.24. The van der Waals surface area contributed by atoms with Gasteiger partial charge in [0.15, 0.2) is 5.92 Å². The van der Waals surface area contributed by atoms with Gasteiger partial charge in [-0.1, -0.05) is 0 Å². The lowest BCUT2D eigenvalue weighted by molar-refractivity contribution is -0.157. The van der Waals surface area contributed by atoms with Crippen LogP contribution >= 0.6 is 0 Å². The molecule has 0 bridgehead atoms. The van der Waals surface area contributed by atoms with Crippen LogP contribution < -0.4 is 10.6 Å². The Balaban J connectivity index is 3.67. The fourth-order valence-corrected chi connectivity index (χ4v) is 0.808. The van der Waals surface area contributed by atoms with Crippen molar-refractivity contribution in [2.24, 2.45) is 5.92 Å². The Bertz CT molecular complexity index is 246. The number of hydrogen-bond acceptors (Lipinski definition) is 3. The summed E-state index contributed by atoms with van der Waals surface area (Å²) in [5.74, 6) is -2.25. The van der Waals surface area contributed by atoms with Gasteiger partial charge in [0, 0.05) is 26.6 Å². The van der Waals surface area contributed by atoms with Gasteiger partial charge in [-0.15, -0.1) is 0 Å². The summed E-state index contributed by atoms with van der Waals surface area (Å²) in [5.41, 5.74) is 0. The van der Waals surface area contributed by atoms with Gasteiger partial charge in [0.05, 0.1) is 6.07 Å². The lowest BCUT2D eigenvalue weighted by atomic mass is 10.1. The van der Waals surface area contributed by atoms with Gasteiger partial charge in [-0.25, -0.2) is 0 Å². The number of hydrogen-bond donors (Lipinski definition) is 2. The van der Waals surface area contributed by atoms with Gasteiger partial charge in [-0.2, -0.15) is 18.4 Å². The number of carbonyl (C=O) groups excluding carboxylic acids is 1. The van der Waals surface area contributed by atoms with Crippen molar-refractivity contribution >= 4 is 5.91 Å². The van der Waals surface area contributed by atoms with Crippen LogP contribution in [0.2, 0.25) is 0 Å². The molecule has 0 spiro atoms. The average Bonchev–Trinajstić information content (AvgIpc) is 2.08. The normalized spacial score (nSPS) is 13.0. The number of nitrogens with zero attached hydrogens (tertiary/aromatic N) is 1. The van der Waals surface area contributed by atoms with Crippen molar-refractivity contribution in [1.29, 1.82) is 5.26 Å². The smallest absolute Gasteiger partial charge is 0.355 e. The molecule has 1 atom stereocenters. The van der Waals surface area contributed by atoms with Gasteiger partial charge >= 0.3 is 6.18 Å². The number of nitrogens with one attached hydrogen (secondary N) is 2. The molecule has 4 nitrogen and oxygen atoms in total. The molecular weight excluding hydrogens is 211 g/mol. The molecule has 0 aromatic carbocycles. The standard InChI is InChI=1S/C8H12F3N3O/c1-6(15)14-3-2-13-5-7(4-12)8(9,10)11/h7,13H,2-3,5H2,1H3,(H,14,15). The maximum absolute atomic E-state index is 12.0. The molecular formula is C8H12F3N3O. The Morgan fingerprint density at radius 1 is 1.47 bits per heavy atom. The largest absolute Gasteiger partial charge is 0.405 e. The van der Waals surface area contributed by atoms with Gasteiger partial charge in [0.1, 0.15) is 0 Å². The van der Waals surface area contributed by atoms with E-state index in [1.807, 2.05) is 0 Å². The first kappa shape index (κ1) is 13.7. The van der Waals surface area contributed by atoms with E-state index in [1.165, 1.54) is 13.0 Å². The van der Waals surface area contributed by atoms with E-state index in [9.17, 15) is 18.0 Å². The molecule has 0 aliphatic rings. The minimum absolute atomic E-state index is 0.202. The highest BCUT2D eigenvalue weighted by Gasteiger charge is 2.39. The highest BCUT2D eigenvalue weighted by atomic mass is 19.4. The third-order valence-corrected chi connectivity index (χ3v) is 1.58. The minimum Gasteiger partial charge on any atom is -0.355 e. The van der Waals surface area contributed by atoms with E-state index < -0.39 is 18.6 Å². The molecule has 0 aromatic rings. The van der Waals surface area contributed by atoms with Crippen LogP contribution in [-0.4, -0.2) is 31.7 Å². The molecule has 0 saturated heterocycles. The summed E-state index contributed by atoms with van der Waals surface area (Å²) in [6.07, 6.45) is -4.50. The lowest BCUT2D eigenvalue weighted by Crippen LogP contribution is -2.36. The van der Waals surface area contributed by atoms with Crippen molar-refractivity contribution in [3.63, 3.8) is 0 Å².